The predicted molar refractivity (Wildman–Crippen MR) is 97.0 cm³/mol. The van der Waals surface area contributed by atoms with Crippen LogP contribution in [0.5, 0.6) is 0 Å². The van der Waals surface area contributed by atoms with Gasteiger partial charge in [-0.3, -0.25) is 14.6 Å². The highest BCUT2D eigenvalue weighted by atomic mass is 16.4. The molecular weight excluding hydrogens is 316 g/mol. The van der Waals surface area contributed by atoms with Crippen molar-refractivity contribution in [3.8, 4) is 0 Å². The van der Waals surface area contributed by atoms with E-state index in [2.05, 4.69) is 4.98 Å². The third-order valence-electron chi connectivity index (χ3n) is 4.67. The van der Waals surface area contributed by atoms with E-state index < -0.39 is 5.97 Å². The van der Waals surface area contributed by atoms with Crippen LogP contribution in [0, 0.1) is 0 Å². The van der Waals surface area contributed by atoms with E-state index >= 15 is 0 Å². The Labute approximate surface area is 147 Å². The number of benzene rings is 1. The minimum absolute atomic E-state index is 0.0210. The second kappa shape index (κ2) is 7.92. The third kappa shape index (κ3) is 4.24. The molecule has 1 saturated heterocycles. The molecule has 0 spiro atoms. The third-order valence-corrected chi connectivity index (χ3v) is 4.67. The number of carbonyl (C=O) groups excluding carboxylic acids is 1. The molecule has 1 aliphatic heterocycles. The van der Waals surface area contributed by atoms with Gasteiger partial charge >= 0.3 is 5.97 Å². The molecule has 0 aliphatic carbocycles. The Morgan fingerprint density at radius 2 is 2.08 bits per heavy atom. The monoisotopic (exact) mass is 338 g/mol. The SMILES string of the molecule is O=C(O)CCC1CCCCN1C(=O)C=Cc1cccc2cccnc12. The van der Waals surface area contributed by atoms with Crippen molar-refractivity contribution < 1.29 is 14.7 Å². The molecule has 1 aromatic heterocycles. The van der Waals surface area contributed by atoms with E-state index in [9.17, 15) is 9.59 Å². The maximum Gasteiger partial charge on any atom is 0.303 e. The van der Waals surface area contributed by atoms with Crippen LogP contribution in [-0.2, 0) is 9.59 Å². The van der Waals surface area contributed by atoms with Crippen LogP contribution in [-0.4, -0.2) is 39.5 Å². The number of likely N-dealkylation sites (tertiary alicyclic amines) is 1. The quantitative estimate of drug-likeness (QED) is 0.847. The van der Waals surface area contributed by atoms with Gasteiger partial charge in [-0.05, 0) is 37.8 Å². The Kier molecular flexibility index (Phi) is 5.43. The van der Waals surface area contributed by atoms with Gasteiger partial charge in [0.05, 0.1) is 5.52 Å². The second-order valence-electron chi connectivity index (χ2n) is 6.37. The van der Waals surface area contributed by atoms with Crippen molar-refractivity contribution in [2.45, 2.75) is 38.1 Å². The van der Waals surface area contributed by atoms with Gasteiger partial charge in [0, 0.05) is 42.2 Å². The van der Waals surface area contributed by atoms with Gasteiger partial charge < -0.3 is 10.0 Å². The van der Waals surface area contributed by atoms with Gasteiger partial charge in [0.2, 0.25) is 5.91 Å². The number of hydrogen-bond donors (Lipinski definition) is 1. The Hall–Kier alpha value is -2.69. The van der Waals surface area contributed by atoms with Crippen LogP contribution in [0.3, 0.4) is 0 Å². The molecule has 5 nitrogen and oxygen atoms in total. The zero-order chi connectivity index (χ0) is 17.6. The van der Waals surface area contributed by atoms with E-state index in [4.69, 9.17) is 5.11 Å². The Balaban J connectivity index is 1.75. The number of para-hydroxylation sites is 1. The lowest BCUT2D eigenvalue weighted by molar-refractivity contribution is -0.138. The summed E-state index contributed by atoms with van der Waals surface area (Å²) in [5.41, 5.74) is 1.78. The molecule has 1 amide bonds. The molecule has 0 saturated carbocycles. The van der Waals surface area contributed by atoms with Crippen LogP contribution in [0.25, 0.3) is 17.0 Å². The van der Waals surface area contributed by atoms with E-state index in [0.717, 1.165) is 35.7 Å². The molecule has 0 radical (unpaired) electrons. The van der Waals surface area contributed by atoms with Gasteiger partial charge in [0.15, 0.2) is 0 Å². The molecular formula is C20H22N2O3. The van der Waals surface area contributed by atoms with Gasteiger partial charge in [-0.2, -0.15) is 0 Å². The average Bonchev–Trinajstić information content (AvgIpc) is 2.64. The number of aromatic nitrogens is 1. The van der Waals surface area contributed by atoms with Gasteiger partial charge in [-0.1, -0.05) is 24.3 Å². The van der Waals surface area contributed by atoms with Crippen LogP contribution >= 0.6 is 0 Å². The fourth-order valence-corrected chi connectivity index (χ4v) is 3.40. The number of piperidine rings is 1. The van der Waals surface area contributed by atoms with Crippen LogP contribution in [0.1, 0.15) is 37.7 Å². The zero-order valence-corrected chi connectivity index (χ0v) is 14.1. The van der Waals surface area contributed by atoms with E-state index in [1.165, 1.54) is 0 Å². The topological polar surface area (TPSA) is 70.5 Å². The number of carboxylic acid groups (broad SMARTS) is 1. The van der Waals surface area contributed by atoms with Crippen molar-refractivity contribution in [1.82, 2.24) is 9.88 Å². The van der Waals surface area contributed by atoms with Crippen molar-refractivity contribution in [2.75, 3.05) is 6.54 Å². The summed E-state index contributed by atoms with van der Waals surface area (Å²) in [6, 6.07) is 9.79. The largest absolute Gasteiger partial charge is 0.481 e. The molecule has 25 heavy (non-hydrogen) atoms. The fraction of sp³-hybridized carbons (Fsp3) is 0.350. The lowest BCUT2D eigenvalue weighted by Crippen LogP contribution is -2.43. The Bertz CT molecular complexity index is 795. The number of hydrogen-bond acceptors (Lipinski definition) is 3. The maximum absolute atomic E-state index is 12.6. The molecule has 3 rings (SSSR count). The number of nitrogens with zero attached hydrogens (tertiary/aromatic N) is 2. The molecule has 2 aromatic rings. The number of amides is 1. The summed E-state index contributed by atoms with van der Waals surface area (Å²) in [6.07, 6.45) is 8.65. The van der Waals surface area contributed by atoms with Crippen molar-refractivity contribution in [3.63, 3.8) is 0 Å². The van der Waals surface area contributed by atoms with Crippen LogP contribution in [0.4, 0.5) is 0 Å². The molecule has 1 aromatic carbocycles. The average molecular weight is 338 g/mol. The molecule has 130 valence electrons. The lowest BCUT2D eigenvalue weighted by atomic mass is 9.97. The second-order valence-corrected chi connectivity index (χ2v) is 6.37. The first-order valence-electron chi connectivity index (χ1n) is 8.69. The van der Waals surface area contributed by atoms with Crippen molar-refractivity contribution in [1.29, 1.82) is 0 Å². The van der Waals surface area contributed by atoms with E-state index in [1.54, 1.807) is 18.3 Å². The van der Waals surface area contributed by atoms with E-state index in [-0.39, 0.29) is 18.4 Å². The molecule has 1 N–H and O–H groups in total. The van der Waals surface area contributed by atoms with Crippen molar-refractivity contribution in [2.24, 2.45) is 0 Å². The van der Waals surface area contributed by atoms with Crippen LogP contribution in [0.15, 0.2) is 42.6 Å². The minimum Gasteiger partial charge on any atom is -0.481 e. The molecule has 1 aliphatic rings. The zero-order valence-electron chi connectivity index (χ0n) is 14.1. The minimum atomic E-state index is -0.810. The van der Waals surface area contributed by atoms with Gasteiger partial charge in [-0.15, -0.1) is 0 Å². The summed E-state index contributed by atoms with van der Waals surface area (Å²) in [6.45, 7) is 0.696. The van der Waals surface area contributed by atoms with E-state index in [1.807, 2.05) is 35.2 Å². The number of carbonyl (C=O) groups is 2. The Morgan fingerprint density at radius 1 is 1.24 bits per heavy atom. The highest BCUT2D eigenvalue weighted by Crippen LogP contribution is 2.22. The normalized spacial score (nSPS) is 17.9. The number of aliphatic carboxylic acids is 1. The Morgan fingerprint density at radius 3 is 2.92 bits per heavy atom. The standard InChI is InChI=1S/C20H22N2O3/c23-18(22-14-2-1-8-17(22)10-12-19(24)25)11-9-16-6-3-5-15-7-4-13-21-20(15)16/h3-7,9,11,13,17H,1-2,8,10,12,14H2,(H,24,25). The fourth-order valence-electron chi connectivity index (χ4n) is 3.40. The first-order chi connectivity index (χ1) is 12.1. The molecule has 1 unspecified atom stereocenters. The molecule has 0 bridgehead atoms. The summed E-state index contributed by atoms with van der Waals surface area (Å²) >= 11 is 0. The highest BCUT2D eigenvalue weighted by molar-refractivity contribution is 5.95. The summed E-state index contributed by atoms with van der Waals surface area (Å²) in [7, 11) is 0. The molecule has 5 heteroatoms. The summed E-state index contributed by atoms with van der Waals surface area (Å²) in [4.78, 5) is 29.7. The number of fused-ring (bicyclic) bond motifs is 1. The van der Waals surface area contributed by atoms with Crippen molar-refractivity contribution in [3.05, 3.63) is 48.2 Å². The van der Waals surface area contributed by atoms with Crippen molar-refractivity contribution >= 4 is 28.9 Å². The van der Waals surface area contributed by atoms with Gasteiger partial charge in [-0.25, -0.2) is 0 Å². The number of carboxylic acids is 1. The smallest absolute Gasteiger partial charge is 0.303 e. The van der Waals surface area contributed by atoms with Crippen LogP contribution < -0.4 is 0 Å². The van der Waals surface area contributed by atoms with Gasteiger partial charge in [0.25, 0.3) is 0 Å². The van der Waals surface area contributed by atoms with Gasteiger partial charge in [0.1, 0.15) is 0 Å². The molecule has 1 atom stereocenters. The summed E-state index contributed by atoms with van der Waals surface area (Å²) in [5, 5.41) is 9.93. The predicted octanol–water partition coefficient (Wildman–Crippen LogP) is 3.49. The van der Waals surface area contributed by atoms with E-state index in [0.29, 0.717) is 13.0 Å². The number of rotatable bonds is 5. The highest BCUT2D eigenvalue weighted by Gasteiger charge is 2.25. The maximum atomic E-state index is 12.6. The summed E-state index contributed by atoms with van der Waals surface area (Å²) < 4.78 is 0. The number of pyridine rings is 1. The molecule has 1 fully saturated rings. The first-order valence-corrected chi connectivity index (χ1v) is 8.69. The molecule has 2 heterocycles. The summed E-state index contributed by atoms with van der Waals surface area (Å²) in [5.74, 6) is -0.863. The van der Waals surface area contributed by atoms with Crippen LogP contribution in [0.2, 0.25) is 0 Å². The lowest BCUT2D eigenvalue weighted by Gasteiger charge is -2.35. The first kappa shape index (κ1) is 17.1.